The summed E-state index contributed by atoms with van der Waals surface area (Å²) in [5.74, 6) is 1.40. The van der Waals surface area contributed by atoms with Crippen LogP contribution in [0.5, 0.6) is 11.5 Å². The fourth-order valence-corrected chi connectivity index (χ4v) is 2.93. The largest absolute Gasteiger partial charge is 0.493 e. The van der Waals surface area contributed by atoms with E-state index >= 15 is 0 Å². The molecule has 1 aliphatic heterocycles. The van der Waals surface area contributed by atoms with Gasteiger partial charge in [0.25, 0.3) is 5.91 Å². The Bertz CT molecular complexity index is 487. The van der Waals surface area contributed by atoms with Crippen molar-refractivity contribution in [3.63, 3.8) is 0 Å². The zero-order valence-corrected chi connectivity index (χ0v) is 13.2. The van der Waals surface area contributed by atoms with E-state index in [4.69, 9.17) is 9.47 Å². The van der Waals surface area contributed by atoms with Crippen molar-refractivity contribution in [2.75, 3.05) is 20.3 Å². The van der Waals surface area contributed by atoms with Gasteiger partial charge in [-0.2, -0.15) is 0 Å². The summed E-state index contributed by atoms with van der Waals surface area (Å²) in [6.07, 6.45) is 4.43. The average Bonchev–Trinajstić information content (AvgIpc) is 2.54. The number of carbonyl (C=O) groups excluding carboxylic acids is 1. The Morgan fingerprint density at radius 1 is 1.29 bits per heavy atom. The van der Waals surface area contributed by atoms with Gasteiger partial charge in [-0.15, -0.1) is 0 Å². The third-order valence-electron chi connectivity index (χ3n) is 4.07. The van der Waals surface area contributed by atoms with Crippen LogP contribution in [0, 0.1) is 0 Å². The Balaban J connectivity index is 2.22. The van der Waals surface area contributed by atoms with Gasteiger partial charge >= 0.3 is 0 Å². The van der Waals surface area contributed by atoms with Crippen LogP contribution < -0.4 is 9.47 Å². The number of amides is 1. The van der Waals surface area contributed by atoms with Crippen molar-refractivity contribution in [2.24, 2.45) is 0 Å². The van der Waals surface area contributed by atoms with Crippen LogP contribution in [0.3, 0.4) is 0 Å². The molecule has 116 valence electrons. The number of rotatable bonds is 5. The number of hydrogen-bond donors (Lipinski definition) is 0. The monoisotopic (exact) mass is 291 g/mol. The lowest BCUT2D eigenvalue weighted by atomic mass is 9.99. The molecule has 4 heteroatoms. The first-order chi connectivity index (χ1) is 10.2. The predicted molar refractivity (Wildman–Crippen MR) is 83.1 cm³/mol. The zero-order chi connectivity index (χ0) is 15.2. The summed E-state index contributed by atoms with van der Waals surface area (Å²) in [5.41, 5.74) is 0.677. The molecule has 4 nitrogen and oxygen atoms in total. The summed E-state index contributed by atoms with van der Waals surface area (Å²) in [7, 11) is 1.60. The Morgan fingerprint density at radius 2 is 2.10 bits per heavy atom. The molecular formula is C17H25NO3. The number of ether oxygens (including phenoxy) is 2. The standard InChI is InChI=1S/C17H25NO3/c1-4-14-8-6-7-11-18(14)17(19)13-9-10-15(21-5-2)16(12-13)20-3/h9-10,12,14H,4-8,11H2,1-3H3. The molecule has 1 unspecified atom stereocenters. The lowest BCUT2D eigenvalue weighted by molar-refractivity contribution is 0.0607. The minimum atomic E-state index is 0.0999. The fourth-order valence-electron chi connectivity index (χ4n) is 2.93. The first-order valence-electron chi connectivity index (χ1n) is 7.83. The average molecular weight is 291 g/mol. The van der Waals surface area contributed by atoms with Gasteiger partial charge in [-0.25, -0.2) is 0 Å². The highest BCUT2D eigenvalue weighted by Crippen LogP contribution is 2.30. The van der Waals surface area contributed by atoms with E-state index in [0.29, 0.717) is 29.7 Å². The Morgan fingerprint density at radius 3 is 2.76 bits per heavy atom. The van der Waals surface area contributed by atoms with Crippen LogP contribution in [-0.2, 0) is 0 Å². The molecule has 1 aromatic rings. The van der Waals surface area contributed by atoms with Crippen molar-refractivity contribution >= 4 is 5.91 Å². The van der Waals surface area contributed by atoms with Crippen molar-refractivity contribution in [1.82, 2.24) is 4.90 Å². The molecular weight excluding hydrogens is 266 g/mol. The van der Waals surface area contributed by atoms with Crippen molar-refractivity contribution in [3.05, 3.63) is 23.8 Å². The van der Waals surface area contributed by atoms with Crippen molar-refractivity contribution in [2.45, 2.75) is 45.6 Å². The van der Waals surface area contributed by atoms with Crippen molar-refractivity contribution in [3.8, 4) is 11.5 Å². The maximum atomic E-state index is 12.7. The summed E-state index contributed by atoms with van der Waals surface area (Å²) in [6, 6.07) is 5.80. The van der Waals surface area contributed by atoms with E-state index in [2.05, 4.69) is 6.92 Å². The second-order valence-corrected chi connectivity index (χ2v) is 5.36. The molecule has 1 atom stereocenters. The van der Waals surface area contributed by atoms with E-state index < -0.39 is 0 Å². The number of likely N-dealkylation sites (tertiary alicyclic amines) is 1. The number of piperidine rings is 1. The van der Waals surface area contributed by atoms with E-state index in [1.165, 1.54) is 6.42 Å². The minimum Gasteiger partial charge on any atom is -0.493 e. The van der Waals surface area contributed by atoms with E-state index in [0.717, 1.165) is 25.8 Å². The van der Waals surface area contributed by atoms with E-state index in [1.54, 1.807) is 13.2 Å². The summed E-state index contributed by atoms with van der Waals surface area (Å²) >= 11 is 0. The number of methoxy groups -OCH3 is 1. The predicted octanol–water partition coefficient (Wildman–Crippen LogP) is 3.50. The molecule has 1 aliphatic rings. The van der Waals surface area contributed by atoms with Crippen LogP contribution in [-0.4, -0.2) is 37.1 Å². The molecule has 21 heavy (non-hydrogen) atoms. The topological polar surface area (TPSA) is 38.8 Å². The summed E-state index contributed by atoms with van der Waals surface area (Å²) < 4.78 is 10.8. The van der Waals surface area contributed by atoms with E-state index in [-0.39, 0.29) is 5.91 Å². The molecule has 0 radical (unpaired) electrons. The fraction of sp³-hybridized carbons (Fsp3) is 0.588. The van der Waals surface area contributed by atoms with Gasteiger partial charge in [0.15, 0.2) is 11.5 Å². The van der Waals surface area contributed by atoms with Gasteiger partial charge in [0.1, 0.15) is 0 Å². The van der Waals surface area contributed by atoms with Gasteiger partial charge in [-0.3, -0.25) is 4.79 Å². The third kappa shape index (κ3) is 3.49. The molecule has 0 bridgehead atoms. The second kappa shape index (κ2) is 7.34. The first-order valence-corrected chi connectivity index (χ1v) is 7.83. The Labute approximate surface area is 127 Å². The van der Waals surface area contributed by atoms with Gasteiger partial charge in [0.2, 0.25) is 0 Å². The van der Waals surface area contributed by atoms with Gasteiger partial charge in [-0.1, -0.05) is 6.92 Å². The van der Waals surface area contributed by atoms with Gasteiger partial charge in [-0.05, 0) is 50.8 Å². The maximum absolute atomic E-state index is 12.7. The number of hydrogen-bond acceptors (Lipinski definition) is 3. The molecule has 1 heterocycles. The highest BCUT2D eigenvalue weighted by Gasteiger charge is 2.26. The lowest BCUT2D eigenvalue weighted by Gasteiger charge is -2.35. The quantitative estimate of drug-likeness (QED) is 0.833. The Kier molecular flexibility index (Phi) is 5.48. The van der Waals surface area contributed by atoms with Crippen molar-refractivity contribution in [1.29, 1.82) is 0 Å². The first kappa shape index (κ1) is 15.7. The zero-order valence-electron chi connectivity index (χ0n) is 13.2. The highest BCUT2D eigenvalue weighted by atomic mass is 16.5. The lowest BCUT2D eigenvalue weighted by Crippen LogP contribution is -2.43. The molecule has 1 saturated heterocycles. The van der Waals surface area contributed by atoms with E-state index in [1.807, 2.05) is 24.0 Å². The van der Waals surface area contributed by atoms with Gasteiger partial charge in [0.05, 0.1) is 13.7 Å². The third-order valence-corrected chi connectivity index (χ3v) is 4.07. The van der Waals surface area contributed by atoms with Crippen LogP contribution in [0.2, 0.25) is 0 Å². The molecule has 1 fully saturated rings. The van der Waals surface area contributed by atoms with Crippen LogP contribution >= 0.6 is 0 Å². The molecule has 0 aliphatic carbocycles. The molecule has 2 rings (SSSR count). The van der Waals surface area contributed by atoms with Crippen LogP contribution in [0.4, 0.5) is 0 Å². The summed E-state index contributed by atoms with van der Waals surface area (Å²) in [5, 5.41) is 0. The smallest absolute Gasteiger partial charge is 0.254 e. The highest BCUT2D eigenvalue weighted by molar-refractivity contribution is 5.95. The van der Waals surface area contributed by atoms with Crippen LogP contribution in [0.1, 0.15) is 49.9 Å². The number of carbonyl (C=O) groups is 1. The summed E-state index contributed by atoms with van der Waals surface area (Å²) in [4.78, 5) is 14.7. The maximum Gasteiger partial charge on any atom is 0.254 e. The normalized spacial score (nSPS) is 18.4. The summed E-state index contributed by atoms with van der Waals surface area (Å²) in [6.45, 7) is 5.51. The second-order valence-electron chi connectivity index (χ2n) is 5.36. The molecule has 0 N–H and O–H groups in total. The minimum absolute atomic E-state index is 0.0999. The van der Waals surface area contributed by atoms with Gasteiger partial charge < -0.3 is 14.4 Å². The molecule has 0 spiro atoms. The number of nitrogens with zero attached hydrogens (tertiary/aromatic N) is 1. The molecule has 1 amide bonds. The SMILES string of the molecule is CCOc1ccc(C(=O)N2CCCCC2CC)cc1OC. The van der Waals surface area contributed by atoms with Crippen LogP contribution in [0.25, 0.3) is 0 Å². The molecule has 1 aromatic carbocycles. The Hall–Kier alpha value is -1.71. The molecule has 0 saturated carbocycles. The molecule has 0 aromatic heterocycles. The number of benzene rings is 1. The van der Waals surface area contributed by atoms with Crippen molar-refractivity contribution < 1.29 is 14.3 Å². The van der Waals surface area contributed by atoms with Gasteiger partial charge in [0, 0.05) is 18.2 Å². The van der Waals surface area contributed by atoms with Crippen LogP contribution in [0.15, 0.2) is 18.2 Å². The van der Waals surface area contributed by atoms with E-state index in [9.17, 15) is 4.79 Å².